The zero-order chi connectivity index (χ0) is 21.8. The molecule has 0 unspecified atom stereocenters. The van der Waals surface area contributed by atoms with E-state index in [4.69, 9.17) is 21.4 Å². The van der Waals surface area contributed by atoms with Crippen molar-refractivity contribution in [2.24, 2.45) is 0 Å². The summed E-state index contributed by atoms with van der Waals surface area (Å²) in [5.74, 6) is 0.294. The maximum absolute atomic E-state index is 12.5. The van der Waals surface area contributed by atoms with Crippen LogP contribution in [-0.2, 0) is 11.3 Å². The van der Waals surface area contributed by atoms with Gasteiger partial charge < -0.3 is 24.3 Å². The van der Waals surface area contributed by atoms with Gasteiger partial charge in [0, 0.05) is 40.3 Å². The fourth-order valence-electron chi connectivity index (χ4n) is 3.26. The number of carbonyl (C=O) groups excluding carboxylic acids is 2. The SMILES string of the molecule is COC(=O)c1c(NC(=S)N2CCN(Cc3ccco3)CC2)sc(C(=O)N(C)C)c1C. The quantitative estimate of drug-likeness (QED) is 0.550. The third-order valence-electron chi connectivity index (χ3n) is 4.98. The number of carbonyl (C=O) groups is 2. The summed E-state index contributed by atoms with van der Waals surface area (Å²) >= 11 is 6.82. The van der Waals surface area contributed by atoms with E-state index in [-0.39, 0.29) is 5.91 Å². The molecule has 30 heavy (non-hydrogen) atoms. The van der Waals surface area contributed by atoms with Crippen LogP contribution in [0.5, 0.6) is 0 Å². The molecule has 2 aromatic rings. The summed E-state index contributed by atoms with van der Waals surface area (Å²) in [7, 11) is 4.69. The second-order valence-corrected chi connectivity index (χ2v) is 8.63. The Balaban J connectivity index is 1.69. The molecule has 0 aromatic carbocycles. The van der Waals surface area contributed by atoms with Crippen molar-refractivity contribution in [1.29, 1.82) is 0 Å². The summed E-state index contributed by atoms with van der Waals surface area (Å²) in [6, 6.07) is 3.86. The van der Waals surface area contributed by atoms with E-state index < -0.39 is 5.97 Å². The number of piperazine rings is 1. The Labute approximate surface area is 185 Å². The minimum atomic E-state index is -0.491. The van der Waals surface area contributed by atoms with Gasteiger partial charge in [-0.3, -0.25) is 9.69 Å². The fourth-order valence-corrected chi connectivity index (χ4v) is 4.83. The Bertz CT molecular complexity index is 916. The highest BCUT2D eigenvalue weighted by molar-refractivity contribution is 7.80. The van der Waals surface area contributed by atoms with Gasteiger partial charge in [-0.1, -0.05) is 0 Å². The molecular formula is C20H26N4O4S2. The van der Waals surface area contributed by atoms with E-state index >= 15 is 0 Å². The molecule has 1 aliphatic heterocycles. The molecule has 3 rings (SSSR count). The number of methoxy groups -OCH3 is 1. The predicted molar refractivity (Wildman–Crippen MR) is 120 cm³/mol. The van der Waals surface area contributed by atoms with E-state index in [1.165, 1.54) is 23.3 Å². The molecule has 3 heterocycles. The number of thiocarbonyl (C=S) groups is 1. The van der Waals surface area contributed by atoms with Gasteiger partial charge in [-0.2, -0.15) is 0 Å². The first-order valence-corrected chi connectivity index (χ1v) is 10.8. The van der Waals surface area contributed by atoms with Gasteiger partial charge in [0.25, 0.3) is 5.91 Å². The summed E-state index contributed by atoms with van der Waals surface area (Å²) in [5.41, 5.74) is 0.950. The zero-order valence-electron chi connectivity index (χ0n) is 17.6. The molecule has 2 aromatic heterocycles. The number of furan rings is 1. The number of nitrogens with zero attached hydrogens (tertiary/aromatic N) is 3. The molecule has 0 bridgehead atoms. The largest absolute Gasteiger partial charge is 0.468 e. The van der Waals surface area contributed by atoms with Crippen molar-refractivity contribution in [3.8, 4) is 0 Å². The number of anilines is 1. The Hall–Kier alpha value is -2.43. The van der Waals surface area contributed by atoms with E-state index in [2.05, 4.69) is 15.1 Å². The lowest BCUT2D eigenvalue weighted by molar-refractivity contribution is 0.0601. The number of rotatable bonds is 5. The molecule has 0 spiro atoms. The molecule has 0 atom stereocenters. The van der Waals surface area contributed by atoms with Gasteiger partial charge in [-0.05, 0) is 36.8 Å². The maximum Gasteiger partial charge on any atom is 0.341 e. The zero-order valence-corrected chi connectivity index (χ0v) is 19.2. The number of nitrogens with one attached hydrogen (secondary N) is 1. The topological polar surface area (TPSA) is 78.3 Å². The molecule has 0 radical (unpaired) electrons. The van der Waals surface area contributed by atoms with Crippen LogP contribution in [0.2, 0.25) is 0 Å². The van der Waals surface area contributed by atoms with Crippen molar-refractivity contribution in [2.45, 2.75) is 13.5 Å². The lowest BCUT2D eigenvalue weighted by atomic mass is 10.1. The van der Waals surface area contributed by atoms with Crippen molar-refractivity contribution in [2.75, 3.05) is 52.7 Å². The second kappa shape index (κ2) is 9.59. The van der Waals surface area contributed by atoms with Crippen LogP contribution in [0.15, 0.2) is 22.8 Å². The Morgan fingerprint density at radius 1 is 1.30 bits per heavy atom. The van der Waals surface area contributed by atoms with E-state index in [9.17, 15) is 9.59 Å². The third-order valence-corrected chi connectivity index (χ3v) is 6.53. The molecule has 1 fully saturated rings. The standard InChI is InChI=1S/C20H26N4O4S2/c1-13-15(19(26)27-4)17(30-16(13)18(25)22(2)3)21-20(29)24-9-7-23(8-10-24)12-14-6-5-11-28-14/h5-6,11H,7-10,12H2,1-4H3,(H,21,29). The van der Waals surface area contributed by atoms with Crippen LogP contribution in [0.1, 0.15) is 31.4 Å². The van der Waals surface area contributed by atoms with Crippen molar-refractivity contribution < 1.29 is 18.7 Å². The van der Waals surface area contributed by atoms with Gasteiger partial charge in [-0.25, -0.2) is 4.79 Å². The van der Waals surface area contributed by atoms with Gasteiger partial charge in [0.15, 0.2) is 5.11 Å². The molecule has 10 heteroatoms. The van der Waals surface area contributed by atoms with Gasteiger partial charge >= 0.3 is 5.97 Å². The fraction of sp³-hybridized carbons (Fsp3) is 0.450. The van der Waals surface area contributed by atoms with E-state index in [0.29, 0.717) is 26.1 Å². The van der Waals surface area contributed by atoms with E-state index in [1.807, 2.05) is 12.1 Å². The lowest BCUT2D eigenvalue weighted by Gasteiger charge is -2.35. The van der Waals surface area contributed by atoms with Crippen molar-refractivity contribution >= 4 is 45.5 Å². The smallest absolute Gasteiger partial charge is 0.341 e. The van der Waals surface area contributed by atoms with Crippen LogP contribution in [0.25, 0.3) is 0 Å². The highest BCUT2D eigenvalue weighted by Crippen LogP contribution is 2.34. The monoisotopic (exact) mass is 450 g/mol. The maximum atomic E-state index is 12.5. The summed E-state index contributed by atoms with van der Waals surface area (Å²) in [6.07, 6.45) is 1.68. The summed E-state index contributed by atoms with van der Waals surface area (Å²) < 4.78 is 10.4. The highest BCUT2D eigenvalue weighted by atomic mass is 32.1. The molecule has 8 nitrogen and oxygen atoms in total. The van der Waals surface area contributed by atoms with Gasteiger partial charge in [0.2, 0.25) is 0 Å². The van der Waals surface area contributed by atoms with Crippen molar-refractivity contribution in [3.05, 3.63) is 40.2 Å². The number of hydrogen-bond donors (Lipinski definition) is 1. The van der Waals surface area contributed by atoms with Crippen LogP contribution < -0.4 is 5.32 Å². The number of amides is 1. The first-order valence-electron chi connectivity index (χ1n) is 9.55. The predicted octanol–water partition coefficient (Wildman–Crippen LogP) is 2.65. The number of ether oxygens (including phenoxy) is 1. The molecule has 1 saturated heterocycles. The Morgan fingerprint density at radius 2 is 2.00 bits per heavy atom. The number of thiophene rings is 1. The molecule has 0 saturated carbocycles. The van der Waals surface area contributed by atoms with Crippen LogP contribution in [0.4, 0.5) is 5.00 Å². The minimum absolute atomic E-state index is 0.159. The molecule has 1 amide bonds. The van der Waals surface area contributed by atoms with Crippen molar-refractivity contribution in [1.82, 2.24) is 14.7 Å². The number of esters is 1. The second-order valence-electron chi connectivity index (χ2n) is 7.22. The van der Waals surface area contributed by atoms with Crippen LogP contribution in [0.3, 0.4) is 0 Å². The van der Waals surface area contributed by atoms with Crippen LogP contribution >= 0.6 is 23.6 Å². The van der Waals surface area contributed by atoms with Gasteiger partial charge in [-0.15, -0.1) is 11.3 Å². The number of hydrogen-bond acceptors (Lipinski definition) is 7. The average Bonchev–Trinajstić information content (AvgIpc) is 3.35. The minimum Gasteiger partial charge on any atom is -0.468 e. The first kappa shape index (κ1) is 22.3. The molecule has 1 N–H and O–H groups in total. The molecule has 0 aliphatic carbocycles. The summed E-state index contributed by atoms with van der Waals surface area (Å²) in [4.78, 5) is 31.2. The first-order chi connectivity index (χ1) is 14.3. The van der Waals surface area contributed by atoms with Crippen LogP contribution in [-0.4, -0.2) is 79.1 Å². The normalized spacial score (nSPS) is 14.5. The molecule has 1 aliphatic rings. The highest BCUT2D eigenvalue weighted by Gasteiger charge is 2.28. The van der Waals surface area contributed by atoms with Gasteiger partial charge in [0.1, 0.15) is 10.8 Å². The Morgan fingerprint density at radius 3 is 2.57 bits per heavy atom. The van der Waals surface area contributed by atoms with E-state index in [0.717, 1.165) is 38.5 Å². The van der Waals surface area contributed by atoms with E-state index in [1.54, 1.807) is 27.3 Å². The van der Waals surface area contributed by atoms with Gasteiger partial charge in [0.05, 0.1) is 30.4 Å². The third kappa shape index (κ3) is 4.82. The summed E-state index contributed by atoms with van der Waals surface area (Å²) in [6.45, 7) is 5.73. The summed E-state index contributed by atoms with van der Waals surface area (Å²) in [5, 5.41) is 4.24. The lowest BCUT2D eigenvalue weighted by Crippen LogP contribution is -2.49. The van der Waals surface area contributed by atoms with Crippen molar-refractivity contribution in [3.63, 3.8) is 0 Å². The van der Waals surface area contributed by atoms with Crippen LogP contribution in [0, 0.1) is 6.92 Å². The average molecular weight is 451 g/mol. The molecular weight excluding hydrogens is 424 g/mol. The molecule has 162 valence electrons. The Kier molecular flexibility index (Phi) is 7.11.